The number of allylic oxidation sites excluding steroid dienone is 9. The van der Waals surface area contributed by atoms with Crippen LogP contribution in [-0.2, 0) is 11.8 Å². The van der Waals surface area contributed by atoms with Gasteiger partial charge < -0.3 is 0 Å². The summed E-state index contributed by atoms with van der Waals surface area (Å²) >= 11 is 0. The Hall–Kier alpha value is -2.08. The Morgan fingerprint density at radius 1 is 1.06 bits per heavy atom. The van der Waals surface area contributed by atoms with Crippen molar-refractivity contribution in [1.29, 1.82) is 0 Å². The number of hydrogen-bond donors (Lipinski definition) is 0. The lowest BCUT2D eigenvalue weighted by atomic mass is 9.45. The van der Waals surface area contributed by atoms with Crippen LogP contribution in [0.3, 0.4) is 0 Å². The highest BCUT2D eigenvalue weighted by molar-refractivity contribution is 5.55. The van der Waals surface area contributed by atoms with E-state index in [4.69, 9.17) is 0 Å². The molecule has 0 heteroatoms. The van der Waals surface area contributed by atoms with E-state index < -0.39 is 0 Å². The van der Waals surface area contributed by atoms with E-state index in [1.807, 2.05) is 0 Å². The highest BCUT2D eigenvalue weighted by Gasteiger charge is 2.61. The molecule has 164 valence electrons. The molecule has 3 aliphatic carbocycles. The first kappa shape index (κ1) is 22.1. The third-order valence-corrected chi connectivity index (χ3v) is 8.71. The number of benzene rings is 1. The molecule has 3 aliphatic rings. The van der Waals surface area contributed by atoms with Crippen LogP contribution in [0.5, 0.6) is 0 Å². The lowest BCUT2D eigenvalue weighted by Crippen LogP contribution is -2.53. The molecule has 0 amide bonds. The van der Waals surface area contributed by atoms with Gasteiger partial charge >= 0.3 is 0 Å². The van der Waals surface area contributed by atoms with E-state index in [-0.39, 0.29) is 16.2 Å². The monoisotopic (exact) mass is 412 g/mol. The van der Waals surface area contributed by atoms with Crippen LogP contribution in [0.4, 0.5) is 0 Å². The quantitative estimate of drug-likeness (QED) is 0.392. The molecule has 0 radical (unpaired) electrons. The number of rotatable bonds is 7. The fourth-order valence-corrected chi connectivity index (χ4v) is 7.04. The molecular formula is C31H40. The highest BCUT2D eigenvalue weighted by atomic mass is 14.6. The van der Waals surface area contributed by atoms with Gasteiger partial charge in [0.05, 0.1) is 0 Å². The maximum Gasteiger partial charge on any atom is 0.0210 e. The first-order valence-electron chi connectivity index (χ1n) is 12.5. The van der Waals surface area contributed by atoms with Crippen LogP contribution in [-0.4, -0.2) is 0 Å². The van der Waals surface area contributed by atoms with Crippen LogP contribution in [0.25, 0.3) is 0 Å². The minimum Gasteiger partial charge on any atom is -0.103 e. The Kier molecular flexibility index (Phi) is 6.29. The summed E-state index contributed by atoms with van der Waals surface area (Å²) in [7, 11) is 0. The second kappa shape index (κ2) is 8.81. The predicted octanol–water partition coefficient (Wildman–Crippen LogP) is 8.81. The largest absolute Gasteiger partial charge is 0.103 e. The van der Waals surface area contributed by atoms with Crippen molar-refractivity contribution in [3.63, 3.8) is 0 Å². The molecule has 0 N–H and O–H groups in total. The normalized spacial score (nSPS) is 30.7. The fraction of sp³-hybridized carbons (Fsp3) is 0.484. The van der Waals surface area contributed by atoms with Gasteiger partial charge in [-0.05, 0) is 55.1 Å². The van der Waals surface area contributed by atoms with Crippen LogP contribution in [0.2, 0.25) is 0 Å². The molecular weight excluding hydrogens is 372 g/mol. The van der Waals surface area contributed by atoms with Gasteiger partial charge in [0.2, 0.25) is 0 Å². The molecule has 0 saturated heterocycles. The smallest absolute Gasteiger partial charge is 0.0210 e. The fourth-order valence-electron chi connectivity index (χ4n) is 7.04. The molecule has 0 spiro atoms. The highest BCUT2D eigenvalue weighted by Crippen LogP contribution is 2.67. The summed E-state index contributed by atoms with van der Waals surface area (Å²) in [6.07, 6.45) is 27.8. The molecule has 0 heterocycles. The average molecular weight is 413 g/mol. The van der Waals surface area contributed by atoms with E-state index in [1.54, 1.807) is 11.1 Å². The molecule has 1 aromatic rings. The van der Waals surface area contributed by atoms with Crippen molar-refractivity contribution in [3.8, 4) is 0 Å². The first-order valence-corrected chi connectivity index (χ1v) is 12.5. The van der Waals surface area contributed by atoms with Crippen LogP contribution < -0.4 is 0 Å². The third-order valence-electron chi connectivity index (χ3n) is 8.71. The second-order valence-corrected chi connectivity index (χ2v) is 10.3. The molecule has 0 aromatic heterocycles. The van der Waals surface area contributed by atoms with E-state index in [9.17, 15) is 0 Å². The third kappa shape index (κ3) is 3.53. The molecule has 1 saturated carbocycles. The molecule has 31 heavy (non-hydrogen) atoms. The Morgan fingerprint density at radius 3 is 2.58 bits per heavy atom. The topological polar surface area (TPSA) is 0 Å². The van der Waals surface area contributed by atoms with Gasteiger partial charge in [-0.3, -0.25) is 0 Å². The van der Waals surface area contributed by atoms with Gasteiger partial charge in [-0.15, -0.1) is 6.58 Å². The summed E-state index contributed by atoms with van der Waals surface area (Å²) < 4.78 is 0. The molecule has 0 nitrogen and oxygen atoms in total. The van der Waals surface area contributed by atoms with Gasteiger partial charge in [0.25, 0.3) is 0 Å². The van der Waals surface area contributed by atoms with Crippen molar-refractivity contribution in [2.45, 2.75) is 84.0 Å². The first-order chi connectivity index (χ1) is 15.0. The van der Waals surface area contributed by atoms with E-state index in [1.165, 1.54) is 43.2 Å². The molecule has 1 aromatic carbocycles. The summed E-state index contributed by atoms with van der Waals surface area (Å²) in [4.78, 5) is 0. The zero-order valence-electron chi connectivity index (χ0n) is 19.9. The summed E-state index contributed by atoms with van der Waals surface area (Å²) in [5.74, 6) is 0. The SMILES string of the molecule is C=CCCC1=CC(C)(C2(C3(C)/C(=C/C=C\CC)Cc4ccccc43)CCCCC2)C=C1. The van der Waals surface area contributed by atoms with Gasteiger partial charge in [0.1, 0.15) is 0 Å². The summed E-state index contributed by atoms with van der Waals surface area (Å²) in [5.41, 5.74) is 6.59. The van der Waals surface area contributed by atoms with Gasteiger partial charge in [0, 0.05) is 10.8 Å². The Bertz CT molecular complexity index is 931. The zero-order chi connectivity index (χ0) is 22.0. The average Bonchev–Trinajstić information content (AvgIpc) is 3.32. The summed E-state index contributed by atoms with van der Waals surface area (Å²) in [5, 5.41) is 0. The van der Waals surface area contributed by atoms with E-state index in [2.05, 4.69) is 94.1 Å². The maximum atomic E-state index is 3.94. The molecule has 2 atom stereocenters. The van der Waals surface area contributed by atoms with Crippen LogP contribution in [0.15, 0.2) is 84.5 Å². The minimum absolute atomic E-state index is 0.0611. The molecule has 2 unspecified atom stereocenters. The van der Waals surface area contributed by atoms with Crippen LogP contribution in [0.1, 0.15) is 83.3 Å². The van der Waals surface area contributed by atoms with Crippen molar-refractivity contribution < 1.29 is 0 Å². The molecule has 4 rings (SSSR count). The van der Waals surface area contributed by atoms with Crippen LogP contribution in [0, 0.1) is 10.8 Å². The standard InChI is InChI=1S/C31H40/c1-5-7-10-17-27-23-26-16-11-12-18-28(26)30(27,4)31(20-13-9-14-21-31)29(3)22-19-25(24-29)15-8-6-2/h6-7,10-12,16-19,22,24H,2,5,8-9,13-15,20-21,23H2,1,3-4H3/b10-7-,27-17+. The lowest BCUT2D eigenvalue weighted by Gasteiger charge is -2.58. The Labute approximate surface area is 190 Å². The maximum absolute atomic E-state index is 3.94. The second-order valence-electron chi connectivity index (χ2n) is 10.3. The van der Waals surface area contributed by atoms with Crippen molar-refractivity contribution in [1.82, 2.24) is 0 Å². The van der Waals surface area contributed by atoms with Crippen molar-refractivity contribution in [2.75, 3.05) is 0 Å². The molecule has 1 fully saturated rings. The minimum atomic E-state index is 0.0611. The van der Waals surface area contributed by atoms with E-state index >= 15 is 0 Å². The number of hydrogen-bond acceptors (Lipinski definition) is 0. The van der Waals surface area contributed by atoms with Gasteiger partial charge in [-0.2, -0.15) is 0 Å². The molecule has 0 bridgehead atoms. The summed E-state index contributed by atoms with van der Waals surface area (Å²) in [6, 6.07) is 9.28. The van der Waals surface area contributed by atoms with Gasteiger partial charge in [-0.1, -0.05) is 118 Å². The molecule has 0 aliphatic heterocycles. The van der Waals surface area contributed by atoms with E-state index in [0.717, 1.165) is 25.7 Å². The van der Waals surface area contributed by atoms with Crippen molar-refractivity contribution >= 4 is 0 Å². The number of fused-ring (bicyclic) bond motifs is 1. The Morgan fingerprint density at radius 2 is 1.84 bits per heavy atom. The van der Waals surface area contributed by atoms with Crippen LogP contribution >= 0.6 is 0 Å². The van der Waals surface area contributed by atoms with Crippen molar-refractivity contribution in [3.05, 3.63) is 95.6 Å². The lowest BCUT2D eigenvalue weighted by molar-refractivity contribution is 0.0157. The van der Waals surface area contributed by atoms with Gasteiger partial charge in [-0.25, -0.2) is 0 Å². The van der Waals surface area contributed by atoms with Crippen molar-refractivity contribution in [2.24, 2.45) is 10.8 Å². The Balaban J connectivity index is 1.89. The predicted molar refractivity (Wildman–Crippen MR) is 135 cm³/mol. The van der Waals surface area contributed by atoms with E-state index in [0.29, 0.717) is 0 Å². The zero-order valence-corrected chi connectivity index (χ0v) is 19.9. The van der Waals surface area contributed by atoms with Gasteiger partial charge in [0.15, 0.2) is 0 Å². The summed E-state index contributed by atoms with van der Waals surface area (Å²) in [6.45, 7) is 11.3.